The minimum atomic E-state index is -0.106. The Hall–Kier alpha value is -1.90. The van der Waals surface area contributed by atoms with Crippen LogP contribution in [-0.4, -0.2) is 11.8 Å². The molecule has 1 aromatic carbocycles. The van der Waals surface area contributed by atoms with Crippen LogP contribution in [0.3, 0.4) is 0 Å². The summed E-state index contributed by atoms with van der Waals surface area (Å²) in [5, 5.41) is 0. The van der Waals surface area contributed by atoms with Gasteiger partial charge in [-0.05, 0) is 55.1 Å². The number of carbonyl (C=O) groups excluding carboxylic acids is 2. The molecular weight excluding hydrogens is 274 g/mol. The third-order valence-electron chi connectivity index (χ3n) is 6.33. The summed E-state index contributed by atoms with van der Waals surface area (Å²) in [5.74, 6) is 1.78. The van der Waals surface area contributed by atoms with Crippen LogP contribution in [0, 0.1) is 49.4 Å². The molecule has 3 nitrogen and oxygen atoms in total. The summed E-state index contributed by atoms with van der Waals surface area (Å²) in [5.41, 5.74) is 2.83. The third kappa shape index (κ3) is 1.33. The molecule has 1 saturated heterocycles. The molecule has 0 unspecified atom stereocenters. The molecule has 0 aromatic heterocycles. The first-order valence-electron chi connectivity index (χ1n) is 8.22. The number of hydrogen-bond acceptors (Lipinski definition) is 2. The Morgan fingerprint density at radius 3 is 1.91 bits per heavy atom. The van der Waals surface area contributed by atoms with Crippen molar-refractivity contribution in [2.24, 2.45) is 35.5 Å². The topological polar surface area (TPSA) is 37.4 Å². The van der Waals surface area contributed by atoms with Crippen LogP contribution in [0.25, 0.3) is 0 Å². The summed E-state index contributed by atoms with van der Waals surface area (Å²) in [7, 11) is 0. The van der Waals surface area contributed by atoms with Crippen molar-refractivity contribution in [2.45, 2.75) is 20.3 Å². The van der Waals surface area contributed by atoms with Gasteiger partial charge in [0, 0.05) is 0 Å². The summed E-state index contributed by atoms with van der Waals surface area (Å²) in [4.78, 5) is 27.7. The lowest BCUT2D eigenvalue weighted by Gasteiger charge is -2.37. The average Bonchev–Trinajstić information content (AvgIpc) is 3.27. The predicted octanol–water partition coefficient (Wildman–Crippen LogP) is 2.86. The highest BCUT2D eigenvalue weighted by molar-refractivity contribution is 6.23. The van der Waals surface area contributed by atoms with E-state index in [0.717, 1.165) is 16.8 Å². The fourth-order valence-corrected chi connectivity index (χ4v) is 5.34. The first kappa shape index (κ1) is 12.6. The number of para-hydroxylation sites is 1. The minimum absolute atomic E-state index is 0.0390. The number of carbonyl (C=O) groups is 2. The van der Waals surface area contributed by atoms with Crippen molar-refractivity contribution < 1.29 is 9.59 Å². The van der Waals surface area contributed by atoms with Crippen LogP contribution >= 0.6 is 0 Å². The highest BCUT2D eigenvalue weighted by atomic mass is 16.2. The second-order valence-electron chi connectivity index (χ2n) is 7.41. The number of aryl methyl sites for hydroxylation is 2. The van der Waals surface area contributed by atoms with E-state index in [4.69, 9.17) is 0 Å². The molecule has 22 heavy (non-hydrogen) atoms. The van der Waals surface area contributed by atoms with E-state index >= 15 is 0 Å². The maximum absolute atomic E-state index is 13.1. The van der Waals surface area contributed by atoms with Crippen molar-refractivity contribution in [2.75, 3.05) is 4.90 Å². The summed E-state index contributed by atoms with van der Waals surface area (Å²) in [6.07, 6.45) is 5.65. The lowest BCUT2D eigenvalue weighted by Crippen LogP contribution is -2.40. The van der Waals surface area contributed by atoms with Gasteiger partial charge in [0.1, 0.15) is 0 Å². The molecule has 2 amide bonds. The van der Waals surface area contributed by atoms with Gasteiger partial charge in [-0.3, -0.25) is 9.59 Å². The molecule has 2 bridgehead atoms. The first-order valence-corrected chi connectivity index (χ1v) is 8.22. The maximum atomic E-state index is 13.1. The third-order valence-corrected chi connectivity index (χ3v) is 6.33. The predicted molar refractivity (Wildman–Crippen MR) is 83.1 cm³/mol. The van der Waals surface area contributed by atoms with Crippen molar-refractivity contribution in [1.82, 2.24) is 0 Å². The van der Waals surface area contributed by atoms with Crippen LogP contribution in [0.2, 0.25) is 0 Å². The number of allylic oxidation sites excluding steroid dienone is 2. The van der Waals surface area contributed by atoms with Gasteiger partial charge in [0.2, 0.25) is 11.8 Å². The van der Waals surface area contributed by atoms with Gasteiger partial charge in [-0.25, -0.2) is 4.90 Å². The SMILES string of the molecule is Cc1cccc(C)c1N1C(=O)[C@@H]2[C@H]3C=C[C@@H]([C@@H]4C[C@H]34)[C@@H]2C1=O. The van der Waals surface area contributed by atoms with Crippen LogP contribution < -0.4 is 4.90 Å². The van der Waals surface area contributed by atoms with Crippen molar-refractivity contribution in [3.8, 4) is 0 Å². The Balaban J connectivity index is 1.64. The van der Waals surface area contributed by atoms with E-state index < -0.39 is 0 Å². The summed E-state index contributed by atoms with van der Waals surface area (Å²) >= 11 is 0. The maximum Gasteiger partial charge on any atom is 0.238 e. The molecule has 1 heterocycles. The fraction of sp³-hybridized carbons (Fsp3) is 0.474. The zero-order valence-corrected chi connectivity index (χ0v) is 12.8. The van der Waals surface area contributed by atoms with Gasteiger partial charge in [-0.2, -0.15) is 0 Å². The normalized spacial score (nSPS) is 40.9. The number of nitrogens with zero attached hydrogens (tertiary/aromatic N) is 1. The van der Waals surface area contributed by atoms with Gasteiger partial charge in [-0.15, -0.1) is 0 Å². The molecule has 3 fully saturated rings. The molecule has 3 heteroatoms. The van der Waals surface area contributed by atoms with E-state index in [1.165, 1.54) is 11.3 Å². The molecule has 6 rings (SSSR count). The number of imide groups is 1. The van der Waals surface area contributed by atoms with Gasteiger partial charge in [0.05, 0.1) is 17.5 Å². The average molecular weight is 293 g/mol. The van der Waals surface area contributed by atoms with Gasteiger partial charge in [0.15, 0.2) is 0 Å². The standard InChI is InChI=1S/C19H19NO2/c1-9-4-3-5-10(2)17(9)20-18(21)15-11-6-7-12(14-8-13(11)14)16(15)19(20)22/h3-7,11-16H,8H2,1-2H3/t11-,12-,13-,14+,15-,16+/m0/s1. The highest BCUT2D eigenvalue weighted by Gasteiger charge is 2.67. The number of rotatable bonds is 1. The molecule has 4 aliphatic carbocycles. The van der Waals surface area contributed by atoms with E-state index in [9.17, 15) is 9.59 Å². The van der Waals surface area contributed by atoms with E-state index in [-0.39, 0.29) is 23.7 Å². The zero-order chi connectivity index (χ0) is 15.2. The van der Waals surface area contributed by atoms with E-state index in [1.807, 2.05) is 32.0 Å². The number of benzene rings is 1. The highest BCUT2D eigenvalue weighted by Crippen LogP contribution is 2.65. The Bertz CT molecular complexity index is 694. The molecule has 112 valence electrons. The second-order valence-corrected chi connectivity index (χ2v) is 7.41. The minimum Gasteiger partial charge on any atom is -0.274 e. The molecule has 0 spiro atoms. The molecule has 1 aromatic rings. The van der Waals surface area contributed by atoms with E-state index in [1.54, 1.807) is 0 Å². The number of anilines is 1. The molecule has 1 aliphatic heterocycles. The summed E-state index contributed by atoms with van der Waals surface area (Å²) in [6.45, 7) is 3.96. The van der Waals surface area contributed by atoms with Crippen LogP contribution in [0.4, 0.5) is 5.69 Å². The van der Waals surface area contributed by atoms with Crippen molar-refractivity contribution in [3.63, 3.8) is 0 Å². The molecular formula is C19H19NO2. The Kier molecular flexibility index (Phi) is 2.23. The molecule has 2 saturated carbocycles. The Labute approximate surface area is 130 Å². The molecule has 0 radical (unpaired) electrons. The monoisotopic (exact) mass is 293 g/mol. The van der Waals surface area contributed by atoms with Crippen molar-refractivity contribution in [3.05, 3.63) is 41.5 Å². The van der Waals surface area contributed by atoms with E-state index in [0.29, 0.717) is 23.7 Å². The van der Waals surface area contributed by atoms with Crippen LogP contribution in [0.15, 0.2) is 30.4 Å². The van der Waals surface area contributed by atoms with Crippen LogP contribution in [0.1, 0.15) is 17.5 Å². The summed E-state index contributed by atoms with van der Waals surface area (Å²) < 4.78 is 0. The first-order chi connectivity index (χ1) is 10.6. The largest absolute Gasteiger partial charge is 0.274 e. The molecule has 5 aliphatic rings. The van der Waals surface area contributed by atoms with Gasteiger partial charge < -0.3 is 0 Å². The lowest BCUT2D eigenvalue weighted by molar-refractivity contribution is -0.124. The van der Waals surface area contributed by atoms with Crippen LogP contribution in [-0.2, 0) is 9.59 Å². The molecule has 6 atom stereocenters. The van der Waals surface area contributed by atoms with Gasteiger partial charge in [-0.1, -0.05) is 30.4 Å². The van der Waals surface area contributed by atoms with Crippen molar-refractivity contribution >= 4 is 17.5 Å². The smallest absolute Gasteiger partial charge is 0.238 e. The van der Waals surface area contributed by atoms with Crippen molar-refractivity contribution in [1.29, 1.82) is 0 Å². The second kappa shape index (κ2) is 3.89. The number of hydrogen-bond donors (Lipinski definition) is 0. The Morgan fingerprint density at radius 1 is 0.909 bits per heavy atom. The zero-order valence-electron chi connectivity index (χ0n) is 12.8. The Morgan fingerprint density at radius 2 is 1.41 bits per heavy atom. The fourth-order valence-electron chi connectivity index (χ4n) is 5.34. The lowest BCUT2D eigenvalue weighted by atomic mass is 9.63. The van der Waals surface area contributed by atoms with Gasteiger partial charge >= 0.3 is 0 Å². The van der Waals surface area contributed by atoms with E-state index in [2.05, 4.69) is 12.2 Å². The quantitative estimate of drug-likeness (QED) is 0.590. The summed E-state index contributed by atoms with van der Waals surface area (Å²) in [6, 6.07) is 5.94. The van der Waals surface area contributed by atoms with Crippen LogP contribution in [0.5, 0.6) is 0 Å². The number of amides is 2. The molecule has 0 N–H and O–H groups in total. The van der Waals surface area contributed by atoms with Gasteiger partial charge in [0.25, 0.3) is 0 Å².